The quantitative estimate of drug-likeness (QED) is 0.537. The summed E-state index contributed by atoms with van der Waals surface area (Å²) in [4.78, 5) is 13.7. The lowest BCUT2D eigenvalue weighted by atomic mass is 10.3. The Labute approximate surface area is 154 Å². The smallest absolute Gasteiger partial charge is 0.332 e. The lowest BCUT2D eigenvalue weighted by Gasteiger charge is -2.33. The van der Waals surface area contributed by atoms with E-state index >= 15 is 0 Å². The highest BCUT2D eigenvalue weighted by Crippen LogP contribution is 2.20. The van der Waals surface area contributed by atoms with Crippen LogP contribution in [0.3, 0.4) is 0 Å². The molecule has 26 heavy (non-hydrogen) atoms. The highest BCUT2D eigenvalue weighted by molar-refractivity contribution is 7.89. The van der Waals surface area contributed by atoms with E-state index in [4.69, 9.17) is 15.2 Å². The molecule has 9 heteroatoms. The molecule has 8 nitrogen and oxygen atoms in total. The molecule has 0 amide bonds. The van der Waals surface area contributed by atoms with Crippen LogP contribution in [0, 0.1) is 0 Å². The van der Waals surface area contributed by atoms with Crippen molar-refractivity contribution >= 4 is 16.0 Å². The van der Waals surface area contributed by atoms with E-state index in [-0.39, 0.29) is 11.5 Å². The topological polar surface area (TPSA) is 102 Å². The van der Waals surface area contributed by atoms with Gasteiger partial charge in [0, 0.05) is 44.5 Å². The van der Waals surface area contributed by atoms with Crippen LogP contribution >= 0.6 is 0 Å². The zero-order valence-corrected chi connectivity index (χ0v) is 15.9. The van der Waals surface area contributed by atoms with Crippen molar-refractivity contribution in [2.24, 2.45) is 5.73 Å². The third-order valence-corrected chi connectivity index (χ3v) is 5.94. The average molecular weight is 383 g/mol. The molecule has 2 rings (SSSR count). The highest BCUT2D eigenvalue weighted by Gasteiger charge is 2.28. The van der Waals surface area contributed by atoms with Gasteiger partial charge in [-0.15, -0.1) is 0 Å². The van der Waals surface area contributed by atoms with E-state index in [1.54, 1.807) is 31.2 Å². The fraction of sp³-hybridized carbons (Fsp3) is 0.471. The van der Waals surface area contributed by atoms with Crippen molar-refractivity contribution in [1.29, 1.82) is 0 Å². The Morgan fingerprint density at radius 3 is 2.35 bits per heavy atom. The minimum Gasteiger partial charge on any atom is -0.497 e. The first kappa shape index (κ1) is 20.2. The first-order valence-electron chi connectivity index (χ1n) is 8.30. The van der Waals surface area contributed by atoms with Gasteiger partial charge in [0.2, 0.25) is 10.0 Å². The van der Waals surface area contributed by atoms with Gasteiger partial charge in [0.1, 0.15) is 12.4 Å². The molecule has 0 aliphatic carbocycles. The van der Waals surface area contributed by atoms with Gasteiger partial charge in [-0.3, -0.25) is 4.90 Å². The van der Waals surface area contributed by atoms with Gasteiger partial charge in [-0.05, 0) is 31.2 Å². The monoisotopic (exact) mass is 383 g/mol. The SMILES string of the molecule is COc1ccc(S(=O)(=O)N2CCN(CCOC(=O)/C=C(/C)N)CC2)cc1. The fourth-order valence-corrected chi connectivity index (χ4v) is 4.02. The second-order valence-corrected chi connectivity index (χ2v) is 7.92. The van der Waals surface area contributed by atoms with Gasteiger partial charge in [-0.2, -0.15) is 4.31 Å². The summed E-state index contributed by atoms with van der Waals surface area (Å²) in [5.74, 6) is 0.147. The molecule has 1 aliphatic rings. The average Bonchev–Trinajstić information content (AvgIpc) is 2.61. The van der Waals surface area contributed by atoms with Crippen LogP contribution in [0.1, 0.15) is 6.92 Å². The Hall–Kier alpha value is -2.10. The summed E-state index contributed by atoms with van der Waals surface area (Å²) < 4.78 is 36.9. The molecule has 1 aromatic carbocycles. The summed E-state index contributed by atoms with van der Waals surface area (Å²) in [5.41, 5.74) is 5.80. The molecule has 1 aromatic rings. The van der Waals surface area contributed by atoms with Crippen molar-refractivity contribution in [2.45, 2.75) is 11.8 Å². The lowest BCUT2D eigenvalue weighted by Crippen LogP contribution is -2.49. The maximum Gasteiger partial charge on any atom is 0.332 e. The number of carbonyl (C=O) groups excluding carboxylic acids is 1. The fourth-order valence-electron chi connectivity index (χ4n) is 2.59. The molecule has 0 radical (unpaired) electrons. The number of piperazine rings is 1. The zero-order valence-electron chi connectivity index (χ0n) is 15.1. The van der Waals surface area contributed by atoms with Gasteiger partial charge in [0.25, 0.3) is 0 Å². The standard InChI is InChI=1S/C17H25N3O5S/c1-14(18)13-17(21)25-12-11-19-7-9-20(10-8-19)26(22,23)16-5-3-15(24-2)4-6-16/h3-6,13H,7-12,18H2,1-2H3/b14-13-. The zero-order chi connectivity index (χ0) is 19.2. The molecule has 2 N–H and O–H groups in total. The van der Waals surface area contributed by atoms with E-state index in [9.17, 15) is 13.2 Å². The van der Waals surface area contributed by atoms with E-state index in [1.807, 2.05) is 0 Å². The summed E-state index contributed by atoms with van der Waals surface area (Å²) in [6, 6.07) is 6.36. The third-order valence-electron chi connectivity index (χ3n) is 4.03. The lowest BCUT2D eigenvalue weighted by molar-refractivity contribution is -0.138. The summed E-state index contributed by atoms with van der Waals surface area (Å²) >= 11 is 0. The van der Waals surface area contributed by atoms with E-state index < -0.39 is 16.0 Å². The highest BCUT2D eigenvalue weighted by atomic mass is 32.2. The molecule has 0 aromatic heterocycles. The van der Waals surface area contributed by atoms with Crippen LogP contribution in [0.2, 0.25) is 0 Å². The number of methoxy groups -OCH3 is 1. The Morgan fingerprint density at radius 1 is 1.19 bits per heavy atom. The van der Waals surface area contributed by atoms with Gasteiger partial charge in [0.15, 0.2) is 0 Å². The molecule has 0 saturated carbocycles. The molecule has 0 unspecified atom stereocenters. The van der Waals surface area contributed by atoms with Gasteiger partial charge in [0.05, 0.1) is 12.0 Å². The largest absolute Gasteiger partial charge is 0.497 e. The van der Waals surface area contributed by atoms with Gasteiger partial charge >= 0.3 is 5.97 Å². The van der Waals surface area contributed by atoms with Crippen molar-refractivity contribution in [3.63, 3.8) is 0 Å². The second-order valence-electron chi connectivity index (χ2n) is 5.98. The third kappa shape index (κ3) is 5.45. The van der Waals surface area contributed by atoms with Gasteiger partial charge in [-0.1, -0.05) is 0 Å². The number of allylic oxidation sites excluding steroid dienone is 1. The van der Waals surface area contributed by atoms with Crippen molar-refractivity contribution in [3.8, 4) is 5.75 Å². The summed E-state index contributed by atoms with van der Waals surface area (Å²) in [6.45, 7) is 4.36. The molecule has 144 valence electrons. The van der Waals surface area contributed by atoms with E-state index in [0.29, 0.717) is 44.2 Å². The van der Waals surface area contributed by atoms with E-state index in [1.165, 1.54) is 17.5 Å². The molecule has 0 atom stereocenters. The number of nitrogens with zero attached hydrogens (tertiary/aromatic N) is 2. The molecule has 1 heterocycles. The van der Waals surface area contributed by atoms with Crippen LogP contribution < -0.4 is 10.5 Å². The van der Waals surface area contributed by atoms with Gasteiger partial charge in [-0.25, -0.2) is 13.2 Å². The van der Waals surface area contributed by atoms with Crippen LogP contribution in [-0.4, -0.2) is 70.0 Å². The molecule has 1 fully saturated rings. The van der Waals surface area contributed by atoms with Crippen LogP contribution in [-0.2, 0) is 19.6 Å². The molecule has 1 saturated heterocycles. The van der Waals surface area contributed by atoms with Crippen LogP contribution in [0.15, 0.2) is 40.9 Å². The number of ether oxygens (including phenoxy) is 2. The Morgan fingerprint density at radius 2 is 1.81 bits per heavy atom. The van der Waals surface area contributed by atoms with Crippen molar-refractivity contribution < 1.29 is 22.7 Å². The number of rotatable bonds is 7. The van der Waals surface area contributed by atoms with E-state index in [2.05, 4.69) is 4.90 Å². The van der Waals surface area contributed by atoms with Crippen LogP contribution in [0.4, 0.5) is 0 Å². The first-order chi connectivity index (χ1) is 12.3. The molecule has 0 bridgehead atoms. The molecule has 1 aliphatic heterocycles. The summed E-state index contributed by atoms with van der Waals surface area (Å²) in [6.07, 6.45) is 1.24. The summed E-state index contributed by atoms with van der Waals surface area (Å²) in [7, 11) is -1.98. The number of sulfonamides is 1. The molecule has 0 spiro atoms. The predicted octanol–water partition coefficient (Wildman–Crippen LogP) is 0.407. The van der Waals surface area contributed by atoms with Gasteiger partial charge < -0.3 is 15.2 Å². The van der Waals surface area contributed by atoms with Crippen LogP contribution in [0.5, 0.6) is 5.75 Å². The van der Waals surface area contributed by atoms with E-state index in [0.717, 1.165) is 0 Å². The molecular formula is C17H25N3O5S. The Kier molecular flexibility index (Phi) is 7.01. The number of hydrogen-bond donors (Lipinski definition) is 1. The number of hydrogen-bond acceptors (Lipinski definition) is 7. The second kappa shape index (κ2) is 9.02. The molecular weight excluding hydrogens is 358 g/mol. The first-order valence-corrected chi connectivity index (χ1v) is 9.74. The minimum atomic E-state index is -3.51. The predicted molar refractivity (Wildman–Crippen MR) is 97.1 cm³/mol. The maximum absolute atomic E-state index is 12.7. The number of nitrogens with two attached hydrogens (primary N) is 1. The number of carbonyl (C=O) groups is 1. The Balaban J connectivity index is 1.83. The normalized spacial score (nSPS) is 17.1. The minimum absolute atomic E-state index is 0.244. The number of benzene rings is 1. The Bertz CT molecular complexity index is 734. The van der Waals surface area contributed by atoms with Crippen LogP contribution in [0.25, 0.3) is 0 Å². The number of esters is 1. The van der Waals surface area contributed by atoms with Crippen molar-refractivity contribution in [1.82, 2.24) is 9.21 Å². The van der Waals surface area contributed by atoms with Crippen molar-refractivity contribution in [3.05, 3.63) is 36.0 Å². The summed E-state index contributed by atoms with van der Waals surface area (Å²) in [5, 5.41) is 0. The maximum atomic E-state index is 12.7. The van der Waals surface area contributed by atoms with Crippen molar-refractivity contribution in [2.75, 3.05) is 46.4 Å².